The molecular formula is C51H98N2O4. The van der Waals surface area contributed by atoms with Gasteiger partial charge in [-0.25, -0.2) is 0 Å². The second kappa shape index (κ2) is 37.6. The number of hydrogen-bond donors (Lipinski definition) is 1. The summed E-state index contributed by atoms with van der Waals surface area (Å²) in [6.45, 7) is 16.4. The number of carbonyl (C=O) groups is 2. The number of ether oxygens (including phenoxy) is 2. The third-order valence-corrected chi connectivity index (χ3v) is 12.2. The Morgan fingerprint density at radius 1 is 0.614 bits per heavy atom. The highest BCUT2D eigenvalue weighted by Crippen LogP contribution is 2.39. The number of rotatable bonds is 41. The van der Waals surface area contributed by atoms with Crippen LogP contribution in [0.5, 0.6) is 0 Å². The van der Waals surface area contributed by atoms with Crippen LogP contribution in [0.4, 0.5) is 0 Å². The van der Waals surface area contributed by atoms with Gasteiger partial charge < -0.3 is 19.7 Å². The van der Waals surface area contributed by atoms with Gasteiger partial charge in [0.25, 0.3) is 0 Å². The molecule has 0 aromatic heterocycles. The molecule has 1 aliphatic heterocycles. The van der Waals surface area contributed by atoms with Crippen LogP contribution in [-0.4, -0.2) is 60.8 Å². The number of carbonyl (C=O) groups excluding carboxylic acids is 2. The van der Waals surface area contributed by atoms with Gasteiger partial charge in [0.1, 0.15) is 6.61 Å². The van der Waals surface area contributed by atoms with E-state index < -0.39 is 0 Å². The zero-order chi connectivity index (χ0) is 41.7. The van der Waals surface area contributed by atoms with Crippen molar-refractivity contribution in [3.8, 4) is 0 Å². The van der Waals surface area contributed by atoms with Gasteiger partial charge in [-0.2, -0.15) is 0 Å². The summed E-state index contributed by atoms with van der Waals surface area (Å²) in [5, 5.41) is 3.34. The van der Waals surface area contributed by atoms with E-state index in [1.165, 1.54) is 148 Å². The number of hydrogen-bond acceptors (Lipinski definition) is 5. The van der Waals surface area contributed by atoms with Gasteiger partial charge in [-0.05, 0) is 90.6 Å². The smallest absolute Gasteiger partial charge is 0.307 e. The molecule has 1 amide bonds. The highest BCUT2D eigenvalue weighted by molar-refractivity contribution is 5.76. The zero-order valence-corrected chi connectivity index (χ0v) is 39.1. The van der Waals surface area contributed by atoms with Gasteiger partial charge >= 0.3 is 5.97 Å². The monoisotopic (exact) mass is 803 g/mol. The second-order valence-corrected chi connectivity index (χ2v) is 18.5. The molecule has 1 saturated heterocycles. The molecule has 1 rings (SSSR count). The average molecular weight is 803 g/mol. The zero-order valence-electron chi connectivity index (χ0n) is 39.1. The van der Waals surface area contributed by atoms with E-state index in [4.69, 9.17) is 9.47 Å². The topological polar surface area (TPSA) is 67.9 Å². The summed E-state index contributed by atoms with van der Waals surface area (Å²) in [4.78, 5) is 29.0. The minimum Gasteiger partial charge on any atom is -0.463 e. The molecule has 1 aliphatic rings. The first kappa shape index (κ1) is 53.6. The lowest BCUT2D eigenvalue weighted by Crippen LogP contribution is -2.49. The highest BCUT2D eigenvalue weighted by atomic mass is 16.5. The summed E-state index contributed by atoms with van der Waals surface area (Å²) in [7, 11) is 0. The van der Waals surface area contributed by atoms with Crippen LogP contribution in [0.15, 0.2) is 12.2 Å². The van der Waals surface area contributed by atoms with Crippen molar-refractivity contribution in [3.05, 3.63) is 12.2 Å². The number of nitrogens with zero attached hydrogens (tertiary/aromatic N) is 1. The minimum absolute atomic E-state index is 0.0661. The molecule has 0 unspecified atom stereocenters. The molecule has 1 N–H and O–H groups in total. The quantitative estimate of drug-likeness (QED) is 0.0379. The lowest BCUT2D eigenvalue weighted by molar-refractivity contribution is -0.147. The SMILES string of the molecule is CCCCCCCC/C=C\CCCCCCCC(=O)N[C@@H](COC(=O)CCN(CCCC)CCCC)[C@@H]1OC(C)(C)C[C@@H]1CCCCCCCCCCCCCC. The Kier molecular flexibility index (Phi) is 35.4. The van der Waals surface area contributed by atoms with Crippen LogP contribution < -0.4 is 5.32 Å². The summed E-state index contributed by atoms with van der Waals surface area (Å²) >= 11 is 0. The molecule has 0 saturated carbocycles. The Hall–Kier alpha value is -1.40. The molecule has 57 heavy (non-hydrogen) atoms. The van der Waals surface area contributed by atoms with Crippen molar-refractivity contribution >= 4 is 11.9 Å². The van der Waals surface area contributed by atoms with Gasteiger partial charge in [-0.15, -0.1) is 0 Å². The summed E-state index contributed by atoms with van der Waals surface area (Å²) in [6.07, 6.45) is 44.6. The first-order chi connectivity index (χ1) is 27.8. The van der Waals surface area contributed by atoms with E-state index in [0.717, 1.165) is 71.0 Å². The standard InChI is InChI=1S/C51H98N2O4/c1-7-11-15-17-19-21-23-25-26-27-29-31-33-35-37-39-48(54)52-47(45-56-49(55)40-43-53(41-13-9-3)42-14-10-4)50-46(44-51(5,6)57-50)38-36-34-32-30-28-24-22-20-18-16-12-8-2/h25-26,46-47,50H,7-24,27-45H2,1-6H3,(H,52,54)/b26-25-/t46-,47-,50+/m0/s1. The van der Waals surface area contributed by atoms with Gasteiger partial charge in [0.05, 0.1) is 24.2 Å². The van der Waals surface area contributed by atoms with Crippen LogP contribution in [0.2, 0.25) is 0 Å². The Bertz CT molecular complexity index is 944. The second-order valence-electron chi connectivity index (χ2n) is 18.5. The molecule has 336 valence electrons. The third-order valence-electron chi connectivity index (χ3n) is 12.2. The summed E-state index contributed by atoms with van der Waals surface area (Å²) in [6, 6.07) is -0.315. The van der Waals surface area contributed by atoms with Gasteiger partial charge in [0.2, 0.25) is 5.91 Å². The Morgan fingerprint density at radius 3 is 1.58 bits per heavy atom. The van der Waals surface area contributed by atoms with Crippen LogP contribution in [0.25, 0.3) is 0 Å². The molecule has 1 heterocycles. The highest BCUT2D eigenvalue weighted by Gasteiger charge is 2.44. The molecule has 1 fully saturated rings. The van der Waals surface area contributed by atoms with Gasteiger partial charge in [0, 0.05) is 13.0 Å². The first-order valence-corrected chi connectivity index (χ1v) is 25.3. The van der Waals surface area contributed by atoms with Crippen LogP contribution in [0.3, 0.4) is 0 Å². The van der Waals surface area contributed by atoms with Crippen molar-refractivity contribution in [1.29, 1.82) is 0 Å². The fourth-order valence-corrected chi connectivity index (χ4v) is 8.64. The molecule has 0 aliphatic carbocycles. The van der Waals surface area contributed by atoms with Crippen LogP contribution in [-0.2, 0) is 19.1 Å². The molecule has 6 nitrogen and oxygen atoms in total. The Balaban J connectivity index is 2.61. The minimum atomic E-state index is -0.315. The van der Waals surface area contributed by atoms with E-state index in [1.54, 1.807) is 0 Å². The van der Waals surface area contributed by atoms with Crippen molar-refractivity contribution in [2.45, 2.75) is 271 Å². The largest absolute Gasteiger partial charge is 0.463 e. The van der Waals surface area contributed by atoms with E-state index >= 15 is 0 Å². The van der Waals surface area contributed by atoms with E-state index in [-0.39, 0.29) is 36.2 Å². The van der Waals surface area contributed by atoms with Crippen LogP contribution in [0, 0.1) is 5.92 Å². The van der Waals surface area contributed by atoms with Crippen molar-refractivity contribution in [1.82, 2.24) is 10.2 Å². The summed E-state index contributed by atoms with van der Waals surface area (Å²) in [5.41, 5.74) is -0.248. The lowest BCUT2D eigenvalue weighted by atomic mass is 9.86. The van der Waals surface area contributed by atoms with Gasteiger partial charge in [-0.3, -0.25) is 9.59 Å². The first-order valence-electron chi connectivity index (χ1n) is 25.3. The maximum Gasteiger partial charge on any atom is 0.307 e. The number of nitrogens with one attached hydrogen (secondary N) is 1. The van der Waals surface area contributed by atoms with E-state index in [0.29, 0.717) is 18.8 Å². The van der Waals surface area contributed by atoms with Crippen molar-refractivity contribution in [2.75, 3.05) is 26.2 Å². The average Bonchev–Trinajstić information content (AvgIpc) is 3.51. The Morgan fingerprint density at radius 2 is 1.07 bits per heavy atom. The molecule has 6 heteroatoms. The van der Waals surface area contributed by atoms with Crippen LogP contribution in [0.1, 0.15) is 253 Å². The maximum absolute atomic E-state index is 13.4. The van der Waals surface area contributed by atoms with E-state index in [1.807, 2.05) is 0 Å². The normalized spacial score (nSPS) is 17.2. The van der Waals surface area contributed by atoms with Crippen molar-refractivity contribution < 1.29 is 19.1 Å². The van der Waals surface area contributed by atoms with Crippen molar-refractivity contribution in [3.63, 3.8) is 0 Å². The molecule has 0 radical (unpaired) electrons. The van der Waals surface area contributed by atoms with E-state index in [9.17, 15) is 9.59 Å². The summed E-state index contributed by atoms with van der Waals surface area (Å²) in [5.74, 6) is 0.251. The van der Waals surface area contributed by atoms with Gasteiger partial charge in [-0.1, -0.05) is 181 Å². The fraction of sp³-hybridized carbons (Fsp3) is 0.922. The lowest BCUT2D eigenvalue weighted by Gasteiger charge is -2.30. The number of allylic oxidation sites excluding steroid dienone is 2. The molecular weight excluding hydrogens is 705 g/mol. The molecule has 0 bridgehead atoms. The summed E-state index contributed by atoms with van der Waals surface area (Å²) < 4.78 is 12.7. The molecule has 0 aromatic carbocycles. The number of unbranched alkanes of at least 4 members (excludes halogenated alkanes) is 24. The molecule has 0 aromatic rings. The predicted molar refractivity (Wildman–Crippen MR) is 246 cm³/mol. The maximum atomic E-state index is 13.4. The number of esters is 1. The van der Waals surface area contributed by atoms with Crippen LogP contribution >= 0.6 is 0 Å². The van der Waals surface area contributed by atoms with E-state index in [2.05, 4.69) is 63.9 Å². The van der Waals surface area contributed by atoms with Crippen molar-refractivity contribution in [2.24, 2.45) is 5.92 Å². The third kappa shape index (κ3) is 31.2. The fourth-order valence-electron chi connectivity index (χ4n) is 8.64. The molecule has 3 atom stereocenters. The predicted octanol–water partition coefficient (Wildman–Crippen LogP) is 14.6. The number of amides is 1. The molecule has 0 spiro atoms. The van der Waals surface area contributed by atoms with Gasteiger partial charge in [0.15, 0.2) is 0 Å². The Labute approximate surface area is 355 Å².